The lowest BCUT2D eigenvalue weighted by molar-refractivity contribution is -0.134. The summed E-state index contributed by atoms with van der Waals surface area (Å²) in [5.41, 5.74) is 0.923. The molecule has 0 bridgehead atoms. The summed E-state index contributed by atoms with van der Waals surface area (Å²) in [4.78, 5) is 11.0. The van der Waals surface area contributed by atoms with E-state index in [9.17, 15) is 4.79 Å². The lowest BCUT2D eigenvalue weighted by Gasteiger charge is -2.08. The Balaban J connectivity index is 2.73. The van der Waals surface area contributed by atoms with Gasteiger partial charge >= 0.3 is 5.97 Å². The van der Waals surface area contributed by atoms with Gasteiger partial charge in [0.1, 0.15) is 5.75 Å². The zero-order valence-electron chi connectivity index (χ0n) is 10.6. The second-order valence-corrected chi connectivity index (χ2v) is 4.91. The van der Waals surface area contributed by atoms with Crippen LogP contribution >= 0.6 is 22.6 Å². The molecule has 98 valence electrons. The highest BCUT2D eigenvalue weighted by Gasteiger charge is 2.02. The Labute approximate surface area is 121 Å². The molecule has 0 saturated heterocycles. The lowest BCUT2D eigenvalue weighted by Crippen LogP contribution is -1.98. The fourth-order valence-corrected chi connectivity index (χ4v) is 1.78. The first-order chi connectivity index (χ1) is 8.67. The summed E-state index contributed by atoms with van der Waals surface area (Å²) in [6, 6.07) is 5.84. The van der Waals surface area contributed by atoms with Gasteiger partial charge in [-0.1, -0.05) is 19.4 Å². The van der Waals surface area contributed by atoms with Crippen LogP contribution in [0.15, 0.2) is 24.3 Å². The molecule has 0 aliphatic heterocycles. The normalized spacial score (nSPS) is 10.6. The standard InChI is InChI=1S/C14H17IO3/c1-3-4-9-18-13-10-11(5-7-12(13)15)6-8-14(16)17-2/h5-8,10H,3-4,9H2,1-2H3. The maximum atomic E-state index is 11.0. The van der Waals surface area contributed by atoms with E-state index in [-0.39, 0.29) is 5.97 Å². The Morgan fingerprint density at radius 1 is 1.44 bits per heavy atom. The zero-order valence-corrected chi connectivity index (χ0v) is 12.8. The number of benzene rings is 1. The van der Waals surface area contributed by atoms with Crippen molar-refractivity contribution >= 4 is 34.6 Å². The van der Waals surface area contributed by atoms with Gasteiger partial charge in [-0.2, -0.15) is 0 Å². The van der Waals surface area contributed by atoms with Gasteiger partial charge in [0, 0.05) is 6.08 Å². The number of unbranched alkanes of at least 4 members (excludes halogenated alkanes) is 1. The number of halogens is 1. The maximum absolute atomic E-state index is 11.0. The maximum Gasteiger partial charge on any atom is 0.330 e. The van der Waals surface area contributed by atoms with Crippen molar-refractivity contribution in [3.05, 3.63) is 33.4 Å². The molecular formula is C14H17IO3. The summed E-state index contributed by atoms with van der Waals surface area (Å²) in [6.07, 6.45) is 5.27. The Bertz CT molecular complexity index is 427. The van der Waals surface area contributed by atoms with Crippen LogP contribution in [0.25, 0.3) is 6.08 Å². The summed E-state index contributed by atoms with van der Waals surface area (Å²) in [5, 5.41) is 0. The first kappa shape index (κ1) is 15.0. The fraction of sp³-hybridized carbons (Fsp3) is 0.357. The number of esters is 1. The van der Waals surface area contributed by atoms with Crippen molar-refractivity contribution in [3.8, 4) is 5.75 Å². The van der Waals surface area contributed by atoms with Gasteiger partial charge in [0.2, 0.25) is 0 Å². The predicted octanol–water partition coefficient (Wildman–Crippen LogP) is 3.66. The third-order valence-electron chi connectivity index (χ3n) is 2.32. The van der Waals surface area contributed by atoms with E-state index in [0.29, 0.717) is 0 Å². The number of carbonyl (C=O) groups excluding carboxylic acids is 1. The molecule has 0 aliphatic rings. The Hall–Kier alpha value is -1.04. The first-order valence-corrected chi connectivity index (χ1v) is 6.93. The second-order valence-electron chi connectivity index (χ2n) is 3.75. The molecule has 0 saturated carbocycles. The summed E-state index contributed by atoms with van der Waals surface area (Å²) in [6.45, 7) is 2.85. The molecule has 1 rings (SSSR count). The highest BCUT2D eigenvalue weighted by atomic mass is 127. The van der Waals surface area contributed by atoms with Gasteiger partial charge in [-0.15, -0.1) is 0 Å². The summed E-state index contributed by atoms with van der Waals surface area (Å²) in [5.74, 6) is 0.498. The second kappa shape index (κ2) is 8.13. The van der Waals surface area contributed by atoms with Crippen LogP contribution in [0.5, 0.6) is 5.75 Å². The summed E-state index contributed by atoms with van der Waals surface area (Å²) >= 11 is 2.24. The van der Waals surface area contributed by atoms with E-state index in [1.54, 1.807) is 6.08 Å². The van der Waals surface area contributed by atoms with Gasteiger partial charge < -0.3 is 9.47 Å². The number of hydrogen-bond acceptors (Lipinski definition) is 3. The van der Waals surface area contributed by atoms with Crippen LogP contribution in [-0.2, 0) is 9.53 Å². The molecule has 0 unspecified atom stereocenters. The highest BCUT2D eigenvalue weighted by Crippen LogP contribution is 2.23. The minimum Gasteiger partial charge on any atom is -0.492 e. The van der Waals surface area contributed by atoms with Crippen LogP contribution in [-0.4, -0.2) is 19.7 Å². The van der Waals surface area contributed by atoms with E-state index in [1.165, 1.54) is 13.2 Å². The van der Waals surface area contributed by atoms with Crippen molar-refractivity contribution in [1.29, 1.82) is 0 Å². The van der Waals surface area contributed by atoms with Crippen LogP contribution in [0.4, 0.5) is 0 Å². The van der Waals surface area contributed by atoms with Crippen LogP contribution in [0, 0.1) is 3.57 Å². The van der Waals surface area contributed by atoms with Crippen molar-refractivity contribution in [2.75, 3.05) is 13.7 Å². The van der Waals surface area contributed by atoms with Gasteiger partial charge in [0.05, 0.1) is 17.3 Å². The van der Waals surface area contributed by atoms with E-state index in [2.05, 4.69) is 34.3 Å². The molecule has 4 heteroatoms. The molecule has 0 heterocycles. The molecule has 18 heavy (non-hydrogen) atoms. The molecule has 0 fully saturated rings. The molecule has 0 spiro atoms. The zero-order chi connectivity index (χ0) is 13.4. The minimum absolute atomic E-state index is 0.359. The molecule has 3 nitrogen and oxygen atoms in total. The van der Waals surface area contributed by atoms with E-state index in [4.69, 9.17) is 4.74 Å². The van der Waals surface area contributed by atoms with Crippen LogP contribution < -0.4 is 4.74 Å². The topological polar surface area (TPSA) is 35.5 Å². The monoisotopic (exact) mass is 360 g/mol. The molecule has 0 N–H and O–H groups in total. The molecule has 0 radical (unpaired) electrons. The lowest BCUT2D eigenvalue weighted by atomic mass is 10.2. The number of methoxy groups -OCH3 is 1. The Morgan fingerprint density at radius 2 is 2.22 bits per heavy atom. The van der Waals surface area contributed by atoms with Crippen LogP contribution in [0.1, 0.15) is 25.3 Å². The number of rotatable bonds is 6. The fourth-order valence-electron chi connectivity index (χ4n) is 1.29. The molecule has 1 aromatic rings. The quantitative estimate of drug-likeness (QED) is 0.336. The predicted molar refractivity (Wildman–Crippen MR) is 80.6 cm³/mol. The SMILES string of the molecule is CCCCOc1cc(C=CC(=O)OC)ccc1I. The van der Waals surface area contributed by atoms with Gasteiger partial charge in [0.25, 0.3) is 0 Å². The van der Waals surface area contributed by atoms with E-state index < -0.39 is 0 Å². The average Bonchev–Trinajstić information content (AvgIpc) is 2.39. The Kier molecular flexibility index (Phi) is 6.78. The molecule has 0 aliphatic carbocycles. The number of ether oxygens (including phenoxy) is 2. The van der Waals surface area contributed by atoms with Gasteiger partial charge in [-0.05, 0) is 52.8 Å². The van der Waals surface area contributed by atoms with Crippen molar-refractivity contribution < 1.29 is 14.3 Å². The van der Waals surface area contributed by atoms with Crippen LogP contribution in [0.3, 0.4) is 0 Å². The summed E-state index contributed by atoms with van der Waals surface area (Å²) < 4.78 is 11.3. The first-order valence-electron chi connectivity index (χ1n) is 5.85. The molecule has 0 atom stereocenters. The van der Waals surface area contributed by atoms with Crippen LogP contribution in [0.2, 0.25) is 0 Å². The molecule has 0 aromatic heterocycles. The Morgan fingerprint density at radius 3 is 2.89 bits per heavy atom. The smallest absolute Gasteiger partial charge is 0.330 e. The minimum atomic E-state index is -0.359. The van der Waals surface area contributed by atoms with E-state index >= 15 is 0 Å². The summed E-state index contributed by atoms with van der Waals surface area (Å²) in [7, 11) is 1.36. The van der Waals surface area contributed by atoms with Crippen molar-refractivity contribution in [2.45, 2.75) is 19.8 Å². The van der Waals surface area contributed by atoms with Gasteiger partial charge in [-0.3, -0.25) is 0 Å². The van der Waals surface area contributed by atoms with Gasteiger partial charge in [-0.25, -0.2) is 4.79 Å². The molecule has 0 amide bonds. The van der Waals surface area contributed by atoms with Crippen molar-refractivity contribution in [1.82, 2.24) is 0 Å². The van der Waals surface area contributed by atoms with E-state index in [1.807, 2.05) is 18.2 Å². The third kappa shape index (κ3) is 5.08. The average molecular weight is 360 g/mol. The number of carbonyl (C=O) groups is 1. The highest BCUT2D eigenvalue weighted by molar-refractivity contribution is 14.1. The van der Waals surface area contributed by atoms with E-state index in [0.717, 1.165) is 34.3 Å². The molecular weight excluding hydrogens is 343 g/mol. The van der Waals surface area contributed by atoms with Gasteiger partial charge in [0.15, 0.2) is 0 Å². The molecule has 1 aromatic carbocycles. The van der Waals surface area contributed by atoms with Crippen molar-refractivity contribution in [3.63, 3.8) is 0 Å². The van der Waals surface area contributed by atoms with Crippen molar-refractivity contribution in [2.24, 2.45) is 0 Å². The number of hydrogen-bond donors (Lipinski definition) is 0. The third-order valence-corrected chi connectivity index (χ3v) is 3.21. The largest absolute Gasteiger partial charge is 0.492 e.